The van der Waals surface area contributed by atoms with Crippen LogP contribution in [0.15, 0.2) is 36.4 Å². The molecule has 2 aliphatic rings. The van der Waals surface area contributed by atoms with Crippen LogP contribution in [0.3, 0.4) is 0 Å². The van der Waals surface area contributed by atoms with Crippen LogP contribution in [0.25, 0.3) is 5.69 Å². The summed E-state index contributed by atoms with van der Waals surface area (Å²) in [6, 6.07) is 10.2. The Labute approximate surface area is 251 Å². The standard InChI is InChI=1S/C29H30Cl2F2N4O5/c1-4-41-27(39)17-7-6-12-36(15-17)24(38)14-23-26-34-35-28(29(31,32)33)37(26)21-11-10-18(30)13-20(21)25(42-23)19-8-5-9-22(40-3)16(19)2/h5,8-11,13,17,23,25H,4,6-7,12,14-15H2,1-3H3/t17-,23+,25+/m0/s1. The third kappa shape index (κ3) is 5.82. The summed E-state index contributed by atoms with van der Waals surface area (Å²) < 4.78 is 47.8. The number of carbonyl (C=O) groups excluding carboxylic acids is 2. The van der Waals surface area contributed by atoms with Crippen LogP contribution in [-0.4, -0.2) is 58.3 Å². The first-order valence-corrected chi connectivity index (χ1v) is 14.3. The minimum absolute atomic E-state index is 0.00995. The first-order chi connectivity index (χ1) is 20.0. The fourth-order valence-corrected chi connectivity index (χ4v) is 5.93. The largest absolute Gasteiger partial charge is 0.496 e. The smallest absolute Gasteiger partial charge is 0.382 e. The molecular formula is C29H30Cl2F2N4O5. The SMILES string of the molecule is CCOC(=O)[C@H]1CCCN(C(=O)C[C@H]2O[C@H](c3cccc(OC)c3C)c3cc(Cl)ccc3-n3c2nnc3C(F)(F)Cl)C1. The highest BCUT2D eigenvalue weighted by Crippen LogP contribution is 2.45. The van der Waals surface area contributed by atoms with Gasteiger partial charge < -0.3 is 19.1 Å². The third-order valence-corrected chi connectivity index (χ3v) is 8.03. The van der Waals surface area contributed by atoms with Crippen molar-refractivity contribution >= 4 is 35.1 Å². The van der Waals surface area contributed by atoms with E-state index in [0.29, 0.717) is 41.3 Å². The second kappa shape index (κ2) is 12.1. The number of carbonyl (C=O) groups is 2. The number of likely N-dealkylation sites (tertiary alicyclic amines) is 1. The summed E-state index contributed by atoms with van der Waals surface area (Å²) in [6.07, 6.45) is -0.975. The summed E-state index contributed by atoms with van der Waals surface area (Å²) >= 11 is 11.9. The average molecular weight is 623 g/mol. The number of piperidine rings is 1. The number of hydrogen-bond acceptors (Lipinski definition) is 7. The summed E-state index contributed by atoms with van der Waals surface area (Å²) in [7, 11) is 1.55. The predicted molar refractivity (Wildman–Crippen MR) is 150 cm³/mol. The first kappa shape index (κ1) is 30.2. The number of aromatic nitrogens is 3. The van der Waals surface area contributed by atoms with Gasteiger partial charge >= 0.3 is 11.4 Å². The van der Waals surface area contributed by atoms with Gasteiger partial charge in [-0.3, -0.25) is 14.2 Å². The topological polar surface area (TPSA) is 95.8 Å². The molecule has 5 rings (SSSR count). The molecule has 2 aliphatic heterocycles. The average Bonchev–Trinajstić information content (AvgIpc) is 3.37. The van der Waals surface area contributed by atoms with E-state index in [1.807, 2.05) is 13.0 Å². The molecule has 3 atom stereocenters. The second-order valence-electron chi connectivity index (χ2n) is 10.2. The van der Waals surface area contributed by atoms with Crippen molar-refractivity contribution in [3.63, 3.8) is 0 Å². The van der Waals surface area contributed by atoms with Crippen LogP contribution in [-0.2, 0) is 24.4 Å². The molecule has 2 aromatic carbocycles. The third-order valence-electron chi connectivity index (χ3n) is 7.63. The van der Waals surface area contributed by atoms with E-state index in [9.17, 15) is 18.4 Å². The van der Waals surface area contributed by atoms with E-state index < -0.39 is 29.3 Å². The molecule has 0 unspecified atom stereocenters. The lowest BCUT2D eigenvalue weighted by Gasteiger charge is -2.32. The number of nitrogens with zero attached hydrogens (tertiary/aromatic N) is 4. The lowest BCUT2D eigenvalue weighted by Crippen LogP contribution is -2.43. The van der Waals surface area contributed by atoms with Crippen molar-refractivity contribution < 1.29 is 32.6 Å². The van der Waals surface area contributed by atoms with Gasteiger partial charge in [0.1, 0.15) is 18.0 Å². The van der Waals surface area contributed by atoms with Gasteiger partial charge in [-0.05, 0) is 73.7 Å². The lowest BCUT2D eigenvalue weighted by molar-refractivity contribution is -0.151. The minimum atomic E-state index is -3.87. The van der Waals surface area contributed by atoms with Crippen LogP contribution in [0.2, 0.25) is 5.02 Å². The molecule has 13 heteroatoms. The number of halogens is 4. The Kier molecular flexibility index (Phi) is 8.73. The van der Waals surface area contributed by atoms with E-state index in [1.54, 1.807) is 49.3 Å². The lowest BCUT2D eigenvalue weighted by atomic mass is 9.95. The first-order valence-electron chi connectivity index (χ1n) is 13.6. The number of esters is 1. The van der Waals surface area contributed by atoms with Crippen molar-refractivity contribution in [1.29, 1.82) is 0 Å². The Morgan fingerprint density at radius 1 is 1.19 bits per heavy atom. The molecule has 0 bridgehead atoms. The van der Waals surface area contributed by atoms with Crippen molar-refractivity contribution in [3.8, 4) is 11.4 Å². The van der Waals surface area contributed by atoms with Crippen LogP contribution < -0.4 is 4.74 Å². The van der Waals surface area contributed by atoms with Crippen molar-refractivity contribution in [1.82, 2.24) is 19.7 Å². The number of fused-ring (bicyclic) bond motifs is 3. The van der Waals surface area contributed by atoms with Crippen LogP contribution in [0, 0.1) is 12.8 Å². The van der Waals surface area contributed by atoms with Crippen LogP contribution in [0.1, 0.15) is 66.7 Å². The summed E-state index contributed by atoms with van der Waals surface area (Å²) in [5.74, 6) is -1.34. The molecule has 1 aromatic heterocycles. The molecule has 224 valence electrons. The molecule has 1 fully saturated rings. The van der Waals surface area contributed by atoms with E-state index in [0.717, 1.165) is 10.1 Å². The van der Waals surface area contributed by atoms with Gasteiger partial charge in [-0.15, -0.1) is 10.2 Å². The Morgan fingerprint density at radius 2 is 1.98 bits per heavy atom. The number of ether oxygens (including phenoxy) is 3. The quantitative estimate of drug-likeness (QED) is 0.240. The minimum Gasteiger partial charge on any atom is -0.496 e. The van der Waals surface area contributed by atoms with Crippen LogP contribution in [0.4, 0.5) is 8.78 Å². The molecule has 0 spiro atoms. The van der Waals surface area contributed by atoms with Gasteiger partial charge in [0.05, 0.1) is 31.7 Å². The summed E-state index contributed by atoms with van der Waals surface area (Å²) in [4.78, 5) is 27.6. The molecule has 42 heavy (non-hydrogen) atoms. The normalized spacial score (nSPS) is 20.4. The van der Waals surface area contributed by atoms with E-state index in [2.05, 4.69) is 10.2 Å². The number of alkyl halides is 3. The monoisotopic (exact) mass is 622 g/mol. The number of amides is 1. The molecule has 1 saturated heterocycles. The molecule has 0 N–H and O–H groups in total. The molecule has 0 saturated carbocycles. The highest BCUT2D eigenvalue weighted by molar-refractivity contribution is 6.30. The van der Waals surface area contributed by atoms with E-state index >= 15 is 0 Å². The van der Waals surface area contributed by atoms with Crippen LogP contribution >= 0.6 is 23.2 Å². The maximum absolute atomic E-state index is 14.7. The number of methoxy groups -OCH3 is 1. The van der Waals surface area contributed by atoms with Crippen molar-refractivity contribution in [2.75, 3.05) is 26.8 Å². The highest BCUT2D eigenvalue weighted by Gasteiger charge is 2.43. The van der Waals surface area contributed by atoms with Gasteiger partial charge in [0.25, 0.3) is 0 Å². The molecule has 0 aliphatic carbocycles. The maximum Gasteiger partial charge on any atom is 0.382 e. The molecule has 1 amide bonds. The fraction of sp³-hybridized carbons (Fsp3) is 0.448. The zero-order valence-electron chi connectivity index (χ0n) is 23.3. The van der Waals surface area contributed by atoms with Gasteiger partial charge in [-0.1, -0.05) is 23.7 Å². The Bertz CT molecular complexity index is 1500. The highest BCUT2D eigenvalue weighted by atomic mass is 35.5. The zero-order chi connectivity index (χ0) is 30.2. The number of benzene rings is 2. The molecule has 9 nitrogen and oxygen atoms in total. The Hall–Kier alpha value is -3.28. The predicted octanol–water partition coefficient (Wildman–Crippen LogP) is 5.88. The van der Waals surface area contributed by atoms with Gasteiger partial charge in [0.15, 0.2) is 5.82 Å². The molecule has 3 heterocycles. The Morgan fingerprint density at radius 3 is 2.69 bits per heavy atom. The Balaban J connectivity index is 1.60. The summed E-state index contributed by atoms with van der Waals surface area (Å²) in [5.41, 5.74) is 2.19. The maximum atomic E-state index is 14.7. The number of hydrogen-bond donors (Lipinski definition) is 0. The van der Waals surface area contributed by atoms with Crippen LogP contribution in [0.5, 0.6) is 5.75 Å². The van der Waals surface area contributed by atoms with Gasteiger partial charge in [-0.2, -0.15) is 8.78 Å². The van der Waals surface area contributed by atoms with E-state index in [4.69, 9.17) is 37.4 Å². The van der Waals surface area contributed by atoms with Gasteiger partial charge in [-0.25, -0.2) is 0 Å². The van der Waals surface area contributed by atoms with Crippen molar-refractivity contribution in [2.24, 2.45) is 5.92 Å². The van der Waals surface area contributed by atoms with E-state index in [1.165, 1.54) is 0 Å². The van der Waals surface area contributed by atoms with Crippen molar-refractivity contribution in [3.05, 3.63) is 69.8 Å². The van der Waals surface area contributed by atoms with Gasteiger partial charge in [0.2, 0.25) is 11.7 Å². The summed E-state index contributed by atoms with van der Waals surface area (Å²) in [6.45, 7) is 4.46. The molecule has 3 aromatic rings. The van der Waals surface area contributed by atoms with E-state index in [-0.39, 0.29) is 43.0 Å². The second-order valence-corrected chi connectivity index (χ2v) is 11.1. The fourth-order valence-electron chi connectivity index (χ4n) is 5.62. The number of rotatable bonds is 7. The zero-order valence-corrected chi connectivity index (χ0v) is 24.8. The molecule has 0 radical (unpaired) electrons. The van der Waals surface area contributed by atoms with Crippen molar-refractivity contribution in [2.45, 2.75) is 50.7 Å². The van der Waals surface area contributed by atoms with Gasteiger partial charge in [0, 0.05) is 23.7 Å². The molecular weight excluding hydrogens is 593 g/mol. The summed E-state index contributed by atoms with van der Waals surface area (Å²) in [5, 5.41) is 4.25.